The number of allylic oxidation sites excluding steroid dienone is 4. The zero-order valence-electron chi connectivity index (χ0n) is 30.2. The maximum Gasteiger partial charge on any atom is 0.0803 e. The van der Waals surface area contributed by atoms with E-state index in [1.807, 2.05) is 0 Å². The molecule has 8 aromatic rings. The molecule has 10 rings (SSSR count). The van der Waals surface area contributed by atoms with E-state index < -0.39 is 0 Å². The van der Waals surface area contributed by atoms with Crippen LogP contribution in [0.2, 0.25) is 0 Å². The molecule has 0 bridgehead atoms. The van der Waals surface area contributed by atoms with Gasteiger partial charge in [-0.05, 0) is 72.3 Å². The van der Waals surface area contributed by atoms with Gasteiger partial charge in [-0.3, -0.25) is 0 Å². The summed E-state index contributed by atoms with van der Waals surface area (Å²) in [5.74, 6) is 0. The van der Waals surface area contributed by atoms with Gasteiger partial charge in [0.1, 0.15) is 0 Å². The minimum atomic E-state index is 0.737. The zero-order valence-corrected chi connectivity index (χ0v) is 30.2. The first-order valence-electron chi connectivity index (χ1n) is 18.7. The van der Waals surface area contributed by atoms with Crippen molar-refractivity contribution in [2.75, 3.05) is 11.4 Å². The van der Waals surface area contributed by atoms with Crippen LogP contribution in [0.3, 0.4) is 0 Å². The molecule has 0 unspecified atom stereocenters. The summed E-state index contributed by atoms with van der Waals surface area (Å²) < 4.78 is 2.35. The van der Waals surface area contributed by atoms with Crippen LogP contribution in [0.1, 0.15) is 27.8 Å². The number of hydrogen-bond acceptors (Lipinski definition) is 3. The molecule has 0 saturated carbocycles. The Labute approximate surface area is 320 Å². The van der Waals surface area contributed by atoms with E-state index in [4.69, 9.17) is 9.98 Å². The molecule has 0 saturated heterocycles. The van der Waals surface area contributed by atoms with Crippen molar-refractivity contribution in [3.63, 3.8) is 0 Å². The molecule has 0 radical (unpaired) electrons. The fraction of sp³-hybridized carbons (Fsp3) is 0.0196. The Hall–Kier alpha value is -7.30. The Morgan fingerprint density at radius 1 is 0.473 bits per heavy atom. The Morgan fingerprint density at radius 3 is 1.78 bits per heavy atom. The number of anilines is 2. The quantitative estimate of drug-likeness (QED) is 0.179. The van der Waals surface area contributed by atoms with Crippen molar-refractivity contribution in [3.05, 3.63) is 229 Å². The standard InChI is InChI=1S/C51H36N4/c1-35-17-5-4-16-32-54(38-18-6-2-7-19-38)47-30-28-36(33-43(35)47)50-41-23-10-13-25-45(41)53-51(42-24-11-14-26-46(42)52-50)37-29-31-49-44(34-37)40-22-12-15-27-48(40)55(49)39-20-8-3-9-21-39/h2-31,33-34H,1,32H2/b16-4-,17-5-,50-41?,51-42?,52-46?,52-50-,53-45?,53-51-. The minimum Gasteiger partial charge on any atom is -0.337 e. The van der Waals surface area contributed by atoms with E-state index in [9.17, 15) is 0 Å². The third-order valence-electron chi connectivity index (χ3n) is 10.6. The van der Waals surface area contributed by atoms with Crippen LogP contribution < -0.4 is 4.90 Å². The number of aromatic nitrogens is 1. The fourth-order valence-corrected chi connectivity index (χ4v) is 7.95. The number of fused-ring (bicyclic) bond motifs is 6. The van der Waals surface area contributed by atoms with E-state index in [2.05, 4.69) is 210 Å². The maximum absolute atomic E-state index is 5.52. The van der Waals surface area contributed by atoms with Gasteiger partial charge in [0.25, 0.3) is 0 Å². The third kappa shape index (κ3) is 5.72. The number of hydrogen-bond donors (Lipinski definition) is 0. The van der Waals surface area contributed by atoms with Crippen LogP contribution in [0.15, 0.2) is 211 Å². The Balaban J connectivity index is 1.14. The monoisotopic (exact) mass is 704 g/mol. The summed E-state index contributed by atoms with van der Waals surface area (Å²) in [5.41, 5.74) is 15.2. The van der Waals surface area contributed by atoms with Gasteiger partial charge in [-0.2, -0.15) is 0 Å². The number of aliphatic imine (C=N–C) groups is 2. The highest BCUT2D eigenvalue weighted by Crippen LogP contribution is 2.39. The van der Waals surface area contributed by atoms with E-state index >= 15 is 0 Å². The summed E-state index contributed by atoms with van der Waals surface area (Å²) in [7, 11) is 0. The van der Waals surface area contributed by atoms with E-state index in [-0.39, 0.29) is 0 Å². The molecule has 4 heteroatoms. The van der Waals surface area contributed by atoms with Gasteiger partial charge in [-0.15, -0.1) is 0 Å². The van der Waals surface area contributed by atoms with Crippen molar-refractivity contribution in [1.29, 1.82) is 0 Å². The van der Waals surface area contributed by atoms with Crippen molar-refractivity contribution < 1.29 is 0 Å². The lowest BCUT2D eigenvalue weighted by molar-refractivity contribution is 1.09. The zero-order chi connectivity index (χ0) is 36.7. The van der Waals surface area contributed by atoms with Crippen molar-refractivity contribution >= 4 is 61.6 Å². The summed E-state index contributed by atoms with van der Waals surface area (Å²) in [4.78, 5) is 13.4. The smallest absolute Gasteiger partial charge is 0.0803 e. The molecule has 55 heavy (non-hydrogen) atoms. The molecule has 0 aliphatic carbocycles. The molecule has 4 nitrogen and oxygen atoms in total. The van der Waals surface area contributed by atoms with E-state index in [1.165, 1.54) is 16.3 Å². The van der Waals surface area contributed by atoms with Crippen molar-refractivity contribution in [3.8, 4) is 5.69 Å². The van der Waals surface area contributed by atoms with E-state index in [0.717, 1.165) is 85.3 Å². The lowest BCUT2D eigenvalue weighted by Gasteiger charge is -2.27. The minimum absolute atomic E-state index is 0.737. The van der Waals surface area contributed by atoms with Crippen LogP contribution in [0.25, 0.3) is 33.1 Å². The summed E-state index contributed by atoms with van der Waals surface area (Å²) in [6.45, 7) is 5.26. The number of para-hydroxylation sites is 5. The van der Waals surface area contributed by atoms with E-state index in [0.29, 0.717) is 0 Å². The lowest BCUT2D eigenvalue weighted by atomic mass is 9.93. The second-order valence-electron chi connectivity index (χ2n) is 13.9. The van der Waals surface area contributed by atoms with Crippen molar-refractivity contribution in [2.45, 2.75) is 0 Å². The molecule has 3 heterocycles. The van der Waals surface area contributed by atoms with Gasteiger partial charge in [0.05, 0.1) is 33.8 Å². The molecule has 2 aliphatic heterocycles. The molecule has 0 N–H and O–H groups in total. The molecular weight excluding hydrogens is 669 g/mol. The largest absolute Gasteiger partial charge is 0.337 e. The average molecular weight is 705 g/mol. The van der Waals surface area contributed by atoms with Gasteiger partial charge in [0, 0.05) is 62.2 Å². The fourth-order valence-electron chi connectivity index (χ4n) is 7.95. The molecular formula is C51H36N4. The number of benzene rings is 7. The summed E-state index contributed by atoms with van der Waals surface area (Å²) in [5, 5.41) is 2.39. The summed E-state index contributed by atoms with van der Waals surface area (Å²) >= 11 is 0. The Morgan fingerprint density at radius 2 is 1.05 bits per heavy atom. The third-order valence-corrected chi connectivity index (χ3v) is 10.6. The average Bonchev–Trinajstić information content (AvgIpc) is 3.60. The summed E-state index contributed by atoms with van der Waals surface area (Å²) in [6.07, 6.45) is 8.43. The predicted molar refractivity (Wildman–Crippen MR) is 231 cm³/mol. The highest BCUT2D eigenvalue weighted by Gasteiger charge is 2.23. The van der Waals surface area contributed by atoms with Gasteiger partial charge < -0.3 is 9.47 Å². The highest BCUT2D eigenvalue weighted by atomic mass is 15.1. The van der Waals surface area contributed by atoms with Crippen LogP contribution in [0.5, 0.6) is 0 Å². The SMILES string of the molecule is C=C1/C=C\C=C/CN(c2ccccc2)c2ccc(/C3=N/c4ccccc4/C(c4ccc5c(c4)c4ccccc4n5-c4ccccc4)=N\c4ccccc43)cc21. The second-order valence-corrected chi connectivity index (χ2v) is 13.9. The van der Waals surface area contributed by atoms with Crippen LogP contribution in [0.4, 0.5) is 22.7 Å². The molecule has 0 fully saturated rings. The van der Waals surface area contributed by atoms with Crippen LogP contribution in [-0.4, -0.2) is 22.5 Å². The first kappa shape index (κ1) is 32.4. The van der Waals surface area contributed by atoms with Crippen molar-refractivity contribution in [1.82, 2.24) is 4.57 Å². The van der Waals surface area contributed by atoms with Gasteiger partial charge in [0.15, 0.2) is 0 Å². The number of rotatable bonds is 4. The molecule has 1 aromatic heterocycles. The molecule has 260 valence electrons. The highest BCUT2D eigenvalue weighted by molar-refractivity contribution is 6.24. The molecule has 0 spiro atoms. The lowest BCUT2D eigenvalue weighted by Crippen LogP contribution is -2.18. The van der Waals surface area contributed by atoms with Gasteiger partial charge in [-0.1, -0.05) is 134 Å². The summed E-state index contributed by atoms with van der Waals surface area (Å²) in [6, 6.07) is 59.9. The first-order valence-corrected chi connectivity index (χ1v) is 18.7. The molecule has 0 amide bonds. The van der Waals surface area contributed by atoms with Crippen molar-refractivity contribution in [2.24, 2.45) is 9.98 Å². The topological polar surface area (TPSA) is 32.9 Å². The van der Waals surface area contributed by atoms with Crippen LogP contribution in [0, 0.1) is 0 Å². The normalized spacial score (nSPS) is 16.9. The van der Waals surface area contributed by atoms with E-state index in [1.54, 1.807) is 0 Å². The Bertz CT molecular complexity index is 2910. The van der Waals surface area contributed by atoms with Crippen LogP contribution in [-0.2, 0) is 0 Å². The maximum atomic E-state index is 5.52. The predicted octanol–water partition coefficient (Wildman–Crippen LogP) is 12.7. The Kier molecular flexibility index (Phi) is 8.00. The molecule has 2 aliphatic rings. The first-order chi connectivity index (χ1) is 27.2. The molecule has 0 atom stereocenters. The van der Waals surface area contributed by atoms with Gasteiger partial charge >= 0.3 is 0 Å². The number of nitrogens with zero attached hydrogens (tertiary/aromatic N) is 4. The second kappa shape index (κ2) is 13.6. The molecule has 7 aromatic carbocycles. The van der Waals surface area contributed by atoms with Gasteiger partial charge in [-0.25, -0.2) is 9.98 Å². The van der Waals surface area contributed by atoms with Crippen LogP contribution >= 0.6 is 0 Å². The van der Waals surface area contributed by atoms with Gasteiger partial charge in [0.2, 0.25) is 0 Å².